The predicted octanol–water partition coefficient (Wildman–Crippen LogP) is 2.14. The first-order valence-electron chi connectivity index (χ1n) is 8.86. The van der Waals surface area contributed by atoms with E-state index in [4.69, 9.17) is 4.74 Å². The molecule has 1 saturated carbocycles. The lowest BCUT2D eigenvalue weighted by molar-refractivity contribution is -0.117. The molecular weight excluding hydrogens is 304 g/mol. The minimum Gasteiger partial charge on any atom is -0.377 e. The lowest BCUT2D eigenvalue weighted by Gasteiger charge is -2.41. The third-order valence-corrected chi connectivity index (χ3v) is 5.44. The van der Waals surface area contributed by atoms with E-state index in [2.05, 4.69) is 12.2 Å². The molecule has 1 aliphatic carbocycles. The highest BCUT2D eigenvalue weighted by molar-refractivity contribution is 5.97. The van der Waals surface area contributed by atoms with Crippen LogP contribution in [0, 0.1) is 11.8 Å². The third kappa shape index (κ3) is 2.71. The number of nitrogens with one attached hydrogen (secondary N) is 1. The zero-order valence-corrected chi connectivity index (χ0v) is 14.2. The van der Waals surface area contributed by atoms with Crippen molar-refractivity contribution >= 4 is 17.5 Å². The summed E-state index contributed by atoms with van der Waals surface area (Å²) in [5.74, 6) is 1.10. The van der Waals surface area contributed by atoms with E-state index in [9.17, 15) is 9.59 Å². The van der Waals surface area contributed by atoms with Gasteiger partial charge >= 0.3 is 0 Å². The summed E-state index contributed by atoms with van der Waals surface area (Å²) < 4.78 is 5.10. The Morgan fingerprint density at radius 3 is 2.58 bits per heavy atom. The van der Waals surface area contributed by atoms with Gasteiger partial charge in [-0.25, -0.2) is 0 Å². The fraction of sp³-hybridized carbons (Fsp3) is 0.579. The summed E-state index contributed by atoms with van der Waals surface area (Å²) in [6.45, 7) is 5.05. The van der Waals surface area contributed by atoms with Crippen molar-refractivity contribution in [3.63, 3.8) is 0 Å². The molecule has 1 aromatic rings. The number of hydrogen-bond donors (Lipinski definition) is 1. The Balaban J connectivity index is 1.62. The third-order valence-electron chi connectivity index (χ3n) is 5.44. The number of fused-ring (bicyclic) bond motifs is 1. The Morgan fingerprint density at radius 2 is 2.00 bits per heavy atom. The van der Waals surface area contributed by atoms with E-state index in [1.807, 2.05) is 23.1 Å². The molecule has 3 aliphatic rings. The zero-order valence-electron chi connectivity index (χ0n) is 14.2. The average molecular weight is 328 g/mol. The molecule has 0 unspecified atom stereocenters. The molecule has 128 valence electrons. The highest BCUT2D eigenvalue weighted by Gasteiger charge is 2.43. The molecule has 1 aromatic carbocycles. The molecule has 1 saturated heterocycles. The topological polar surface area (TPSA) is 58.6 Å². The molecular formula is C19H24N2O3. The van der Waals surface area contributed by atoms with Crippen LogP contribution in [0.15, 0.2) is 18.2 Å². The van der Waals surface area contributed by atoms with E-state index in [0.29, 0.717) is 36.7 Å². The van der Waals surface area contributed by atoms with Crippen molar-refractivity contribution in [1.29, 1.82) is 0 Å². The summed E-state index contributed by atoms with van der Waals surface area (Å²) in [6.07, 6.45) is 3.37. The van der Waals surface area contributed by atoms with Gasteiger partial charge in [-0.2, -0.15) is 0 Å². The number of amides is 2. The van der Waals surface area contributed by atoms with E-state index in [-0.39, 0.29) is 17.9 Å². The van der Waals surface area contributed by atoms with Crippen LogP contribution in [-0.4, -0.2) is 37.1 Å². The van der Waals surface area contributed by atoms with Crippen molar-refractivity contribution in [2.75, 3.05) is 18.1 Å². The monoisotopic (exact) mass is 328 g/mol. The normalized spacial score (nSPS) is 26.5. The van der Waals surface area contributed by atoms with E-state index in [0.717, 1.165) is 17.7 Å². The van der Waals surface area contributed by atoms with Crippen LogP contribution in [0.25, 0.3) is 0 Å². The molecule has 1 N–H and O–H groups in total. The number of benzene rings is 1. The molecule has 0 aromatic heterocycles. The zero-order chi connectivity index (χ0) is 16.8. The largest absolute Gasteiger partial charge is 0.377 e. The van der Waals surface area contributed by atoms with Gasteiger partial charge in [-0.15, -0.1) is 0 Å². The maximum atomic E-state index is 12.4. The first-order chi connectivity index (χ1) is 11.5. The van der Waals surface area contributed by atoms with Crippen LogP contribution >= 0.6 is 0 Å². The number of carbonyl (C=O) groups is 2. The number of carbonyl (C=O) groups excluding carboxylic acids is 2. The minimum absolute atomic E-state index is 0.0579. The average Bonchev–Trinajstić information content (AvgIpc) is 3.33. The molecule has 2 aliphatic heterocycles. The summed E-state index contributed by atoms with van der Waals surface area (Å²) in [6, 6.07) is 6.18. The Morgan fingerprint density at radius 1 is 1.25 bits per heavy atom. The summed E-state index contributed by atoms with van der Waals surface area (Å²) in [4.78, 5) is 26.6. The van der Waals surface area contributed by atoms with Crippen LogP contribution in [0.4, 0.5) is 5.69 Å². The molecule has 2 amide bonds. The van der Waals surface area contributed by atoms with Crippen molar-refractivity contribution < 1.29 is 14.3 Å². The van der Waals surface area contributed by atoms with E-state index in [1.54, 1.807) is 6.92 Å². The van der Waals surface area contributed by atoms with Crippen LogP contribution in [0.3, 0.4) is 0 Å². The van der Waals surface area contributed by atoms with Crippen molar-refractivity contribution in [1.82, 2.24) is 5.32 Å². The van der Waals surface area contributed by atoms with Gasteiger partial charge < -0.3 is 15.0 Å². The number of anilines is 1. The Bertz CT molecular complexity index is 679. The maximum Gasteiger partial charge on any atom is 0.251 e. The SMILES string of the molecule is CC(=O)N1c2ccc(C(=O)NC3COC3)cc2C[C@@H](C)[C@@H]1C1CC1. The highest BCUT2D eigenvalue weighted by Crippen LogP contribution is 2.45. The van der Waals surface area contributed by atoms with Crippen LogP contribution < -0.4 is 10.2 Å². The van der Waals surface area contributed by atoms with E-state index < -0.39 is 0 Å². The lowest BCUT2D eigenvalue weighted by Crippen LogP contribution is -2.49. The molecule has 5 heteroatoms. The first kappa shape index (κ1) is 15.6. The van der Waals surface area contributed by atoms with Crippen molar-refractivity contribution in [3.8, 4) is 0 Å². The van der Waals surface area contributed by atoms with Gasteiger partial charge in [0.25, 0.3) is 5.91 Å². The van der Waals surface area contributed by atoms with Gasteiger partial charge in [0.1, 0.15) is 0 Å². The standard InChI is InChI=1S/C19H24N2O3/c1-11-7-15-8-14(19(23)20-16-9-24-10-16)5-6-17(15)21(12(2)22)18(11)13-3-4-13/h5-6,8,11,13,16,18H,3-4,7,9-10H2,1-2H3,(H,20,23)/t11-,18-/m1/s1. The van der Waals surface area contributed by atoms with Gasteiger partial charge in [-0.3, -0.25) is 9.59 Å². The second-order valence-corrected chi connectivity index (χ2v) is 7.45. The lowest BCUT2D eigenvalue weighted by atomic mass is 9.83. The molecule has 24 heavy (non-hydrogen) atoms. The van der Waals surface area contributed by atoms with Gasteiger partial charge in [0.05, 0.1) is 19.3 Å². The second-order valence-electron chi connectivity index (χ2n) is 7.45. The van der Waals surface area contributed by atoms with E-state index in [1.165, 1.54) is 12.8 Å². The number of hydrogen-bond acceptors (Lipinski definition) is 3. The Labute approximate surface area is 142 Å². The molecule has 4 rings (SSSR count). The maximum absolute atomic E-state index is 12.4. The van der Waals surface area contributed by atoms with Gasteiger partial charge in [0.15, 0.2) is 0 Å². The predicted molar refractivity (Wildman–Crippen MR) is 91.1 cm³/mol. The minimum atomic E-state index is -0.0579. The van der Waals surface area contributed by atoms with E-state index >= 15 is 0 Å². The van der Waals surface area contributed by atoms with Gasteiger partial charge in [0.2, 0.25) is 5.91 Å². The summed E-state index contributed by atoms with van der Waals surface area (Å²) in [5, 5.41) is 2.98. The van der Waals surface area contributed by atoms with Crippen LogP contribution in [0.2, 0.25) is 0 Å². The van der Waals surface area contributed by atoms with Gasteiger partial charge in [-0.1, -0.05) is 6.92 Å². The van der Waals surface area contributed by atoms with Crippen LogP contribution in [0.1, 0.15) is 42.6 Å². The Hall–Kier alpha value is -1.88. The van der Waals surface area contributed by atoms with Crippen molar-refractivity contribution in [3.05, 3.63) is 29.3 Å². The fourth-order valence-electron chi connectivity index (χ4n) is 4.09. The van der Waals surface area contributed by atoms with Gasteiger partial charge in [-0.05, 0) is 54.9 Å². The molecule has 0 bridgehead atoms. The molecule has 0 spiro atoms. The number of rotatable bonds is 3. The first-order valence-corrected chi connectivity index (χ1v) is 8.86. The fourth-order valence-corrected chi connectivity index (χ4v) is 4.09. The summed E-state index contributed by atoms with van der Waals surface area (Å²) >= 11 is 0. The molecule has 5 nitrogen and oxygen atoms in total. The van der Waals surface area contributed by atoms with Crippen LogP contribution in [-0.2, 0) is 16.0 Å². The summed E-state index contributed by atoms with van der Waals surface area (Å²) in [5.41, 5.74) is 2.76. The number of nitrogens with zero attached hydrogens (tertiary/aromatic N) is 1. The summed E-state index contributed by atoms with van der Waals surface area (Å²) in [7, 11) is 0. The molecule has 2 fully saturated rings. The van der Waals surface area contributed by atoms with Crippen LogP contribution in [0.5, 0.6) is 0 Å². The second kappa shape index (κ2) is 5.88. The highest BCUT2D eigenvalue weighted by atomic mass is 16.5. The molecule has 2 atom stereocenters. The quantitative estimate of drug-likeness (QED) is 0.925. The Kier molecular flexibility index (Phi) is 3.83. The smallest absolute Gasteiger partial charge is 0.251 e. The van der Waals surface area contributed by atoms with Gasteiger partial charge in [0, 0.05) is 24.2 Å². The number of ether oxygens (including phenoxy) is 1. The molecule has 2 heterocycles. The van der Waals surface area contributed by atoms with Crippen molar-refractivity contribution in [2.24, 2.45) is 11.8 Å². The van der Waals surface area contributed by atoms with Crippen molar-refractivity contribution in [2.45, 2.75) is 45.2 Å². The molecule has 0 radical (unpaired) electrons.